The van der Waals surface area contributed by atoms with Crippen molar-refractivity contribution in [3.05, 3.63) is 157 Å². The summed E-state index contributed by atoms with van der Waals surface area (Å²) in [6.07, 6.45) is 4.43. The minimum atomic E-state index is -4.91. The van der Waals surface area contributed by atoms with Gasteiger partial charge in [0.15, 0.2) is 11.8 Å². The fraction of sp³-hybridized carbons (Fsp3) is 0.412. The number of esters is 4. The van der Waals surface area contributed by atoms with Crippen molar-refractivity contribution in [2.24, 2.45) is 11.8 Å². The second kappa shape index (κ2) is 34.2. The highest BCUT2D eigenvalue weighted by atomic mass is 19.4. The molecule has 6 aromatic carbocycles. The smallest absolute Gasteiger partial charge is 0.402 e. The van der Waals surface area contributed by atoms with Crippen LogP contribution in [-0.2, 0) is 9.59 Å². The van der Waals surface area contributed by atoms with Crippen molar-refractivity contribution in [2.75, 3.05) is 13.2 Å². The van der Waals surface area contributed by atoms with E-state index in [0.717, 1.165) is 59.4 Å². The molecule has 0 fully saturated rings. The summed E-state index contributed by atoms with van der Waals surface area (Å²) in [5, 5.41) is 0. The lowest BCUT2D eigenvalue weighted by Crippen LogP contribution is -2.34. The van der Waals surface area contributed by atoms with Crippen LogP contribution in [0.25, 0.3) is 22.3 Å². The molecule has 0 aliphatic rings. The third-order valence-corrected chi connectivity index (χ3v) is 14.3. The molecule has 84 heavy (non-hydrogen) atoms. The van der Waals surface area contributed by atoms with Crippen LogP contribution in [-0.4, -0.2) is 49.4 Å². The molecule has 0 amide bonds. The topological polar surface area (TPSA) is 124 Å². The first-order valence-corrected chi connectivity index (χ1v) is 29.4. The molecule has 0 N–H and O–H groups in total. The van der Waals surface area contributed by atoms with E-state index in [1.807, 2.05) is 48.5 Å². The number of benzene rings is 6. The van der Waals surface area contributed by atoms with Gasteiger partial charge in [0.1, 0.15) is 34.5 Å². The van der Waals surface area contributed by atoms with Crippen LogP contribution in [0.15, 0.2) is 146 Å². The number of hydrogen-bond donors (Lipinski definition) is 0. The molecule has 0 unspecified atom stereocenters. The largest absolute Gasteiger partial charge is 0.494 e. The Morgan fingerprint density at radius 2 is 0.571 bits per heavy atom. The summed E-state index contributed by atoms with van der Waals surface area (Å²) in [5.74, 6) is -7.66. The molecule has 6 rings (SSSR count). The summed E-state index contributed by atoms with van der Waals surface area (Å²) in [5.41, 5.74) is 3.81. The van der Waals surface area contributed by atoms with Crippen LogP contribution in [0.1, 0.15) is 163 Å². The Kier molecular flexibility index (Phi) is 26.7. The second-order valence-corrected chi connectivity index (χ2v) is 20.9. The number of halogens is 6. The van der Waals surface area contributed by atoms with Crippen LogP contribution in [0.4, 0.5) is 26.3 Å². The maximum Gasteiger partial charge on any atom is 0.402 e. The van der Waals surface area contributed by atoms with Gasteiger partial charge in [0.05, 0.1) is 24.3 Å². The van der Waals surface area contributed by atoms with Crippen LogP contribution in [0, 0.1) is 11.8 Å². The molecule has 0 aromatic heterocycles. The Morgan fingerprint density at radius 3 is 0.869 bits per heavy atom. The van der Waals surface area contributed by atoms with Gasteiger partial charge in [0, 0.05) is 0 Å². The van der Waals surface area contributed by atoms with E-state index < -0.39 is 60.9 Å². The SMILES string of the molecule is CCCCCCCCOc1ccc(-c2ccc(OC(=O)c3ccc(OC(=O)[C@H](CCCCCCCC[C@@H](C(=O)Oc4ccc(C(=O)Oc5ccc(-c6ccc(OCCCCCCCC)cc6)cc5)cc4)C(F)(F)F)C(F)(F)F)cc3)cc2)cc1. The molecule has 6 aromatic rings. The summed E-state index contributed by atoms with van der Waals surface area (Å²) in [4.78, 5) is 51.4. The maximum atomic E-state index is 14.0. The summed E-state index contributed by atoms with van der Waals surface area (Å²) in [7, 11) is 0. The van der Waals surface area contributed by atoms with Crippen LogP contribution < -0.4 is 28.4 Å². The van der Waals surface area contributed by atoms with Crippen molar-refractivity contribution in [1.82, 2.24) is 0 Å². The molecule has 0 radical (unpaired) electrons. The minimum Gasteiger partial charge on any atom is -0.494 e. The molecule has 0 aliphatic carbocycles. The molecule has 0 saturated carbocycles. The third kappa shape index (κ3) is 22.5. The molecule has 0 aliphatic heterocycles. The number of rotatable bonds is 35. The zero-order chi connectivity index (χ0) is 60.2. The molecule has 450 valence electrons. The van der Waals surface area contributed by atoms with Gasteiger partial charge in [-0.15, -0.1) is 0 Å². The van der Waals surface area contributed by atoms with E-state index in [2.05, 4.69) is 13.8 Å². The summed E-state index contributed by atoms with van der Waals surface area (Å²) < 4.78 is 117. The van der Waals surface area contributed by atoms with Crippen LogP contribution in [0.5, 0.6) is 34.5 Å². The Labute approximate surface area is 489 Å². The highest BCUT2D eigenvalue weighted by molar-refractivity contribution is 5.92. The molecule has 0 saturated heterocycles. The first kappa shape index (κ1) is 65.5. The number of hydrogen-bond acceptors (Lipinski definition) is 10. The van der Waals surface area contributed by atoms with Crippen molar-refractivity contribution < 1.29 is 73.9 Å². The molecule has 2 atom stereocenters. The Morgan fingerprint density at radius 1 is 0.321 bits per heavy atom. The van der Waals surface area contributed by atoms with Gasteiger partial charge in [-0.25, -0.2) is 9.59 Å². The average Bonchev–Trinajstić information content (AvgIpc) is 3.68. The van der Waals surface area contributed by atoms with Gasteiger partial charge in [0.25, 0.3) is 0 Å². The fourth-order valence-electron chi connectivity index (χ4n) is 9.32. The fourth-order valence-corrected chi connectivity index (χ4v) is 9.32. The summed E-state index contributed by atoms with van der Waals surface area (Å²) in [6.45, 7) is 5.72. The molecular formula is C68H76F6O10. The highest BCUT2D eigenvalue weighted by Crippen LogP contribution is 2.35. The van der Waals surface area contributed by atoms with E-state index in [1.165, 1.54) is 99.9 Å². The molecule has 0 spiro atoms. The number of alkyl halides is 6. The normalized spacial score (nSPS) is 12.2. The van der Waals surface area contributed by atoms with Gasteiger partial charge < -0.3 is 28.4 Å². The van der Waals surface area contributed by atoms with Gasteiger partial charge in [-0.1, -0.05) is 165 Å². The lowest BCUT2D eigenvalue weighted by Gasteiger charge is -2.19. The zero-order valence-electron chi connectivity index (χ0n) is 47.9. The first-order valence-electron chi connectivity index (χ1n) is 29.4. The molecular weight excluding hydrogens is 1090 g/mol. The quantitative estimate of drug-likeness (QED) is 0.0164. The second-order valence-electron chi connectivity index (χ2n) is 20.9. The van der Waals surface area contributed by atoms with E-state index in [9.17, 15) is 45.5 Å². The highest BCUT2D eigenvalue weighted by Gasteiger charge is 2.46. The van der Waals surface area contributed by atoms with Crippen LogP contribution in [0.2, 0.25) is 0 Å². The standard InChI is InChI=1S/C68H76F6O10/c1-3-5-7-9-15-19-47-79-55-35-23-49(24-36-55)51-27-39-57(40-28-51)81-63(75)53-31-43-59(44-32-53)83-65(77)61(67(69,70)71)21-17-13-11-12-14-18-22-62(68(72,73)74)66(78)84-60-45-33-54(34-46-60)64(76)82-58-41-29-52(30-42-58)50-25-37-56(38-26-50)80-48-20-16-10-8-6-4-2/h23-46,61-62H,3-22,47-48H2,1-2H3/t61-,62-/m0/s1. The lowest BCUT2D eigenvalue weighted by molar-refractivity contribution is -0.194. The molecule has 10 nitrogen and oxygen atoms in total. The number of carbonyl (C=O) groups excluding carboxylic acids is 4. The predicted molar refractivity (Wildman–Crippen MR) is 312 cm³/mol. The van der Waals surface area contributed by atoms with E-state index in [0.29, 0.717) is 26.1 Å². The summed E-state index contributed by atoms with van der Waals surface area (Å²) >= 11 is 0. The average molecular weight is 1170 g/mol. The number of unbranched alkanes of at least 4 members (excludes halogenated alkanes) is 15. The Bertz CT molecular complexity index is 2710. The van der Waals surface area contributed by atoms with E-state index >= 15 is 0 Å². The van der Waals surface area contributed by atoms with Crippen molar-refractivity contribution in [3.8, 4) is 56.8 Å². The van der Waals surface area contributed by atoms with Gasteiger partial charge in [-0.05, 0) is 145 Å². The van der Waals surface area contributed by atoms with Gasteiger partial charge in [-0.2, -0.15) is 26.3 Å². The third-order valence-electron chi connectivity index (χ3n) is 14.3. The van der Waals surface area contributed by atoms with E-state index in [1.54, 1.807) is 48.5 Å². The minimum absolute atomic E-state index is 0.0155. The molecule has 0 heterocycles. The predicted octanol–water partition coefficient (Wildman–Crippen LogP) is 18.9. The number of ether oxygens (including phenoxy) is 6. The summed E-state index contributed by atoms with van der Waals surface area (Å²) in [6, 6.07) is 39.1. The zero-order valence-corrected chi connectivity index (χ0v) is 47.9. The first-order chi connectivity index (χ1) is 40.5. The number of carbonyl (C=O) groups is 4. The van der Waals surface area contributed by atoms with Crippen molar-refractivity contribution in [3.63, 3.8) is 0 Å². The Balaban J connectivity index is 0.856. The van der Waals surface area contributed by atoms with Crippen molar-refractivity contribution >= 4 is 23.9 Å². The molecule has 16 heteroatoms. The Hall–Kier alpha value is -7.62. The van der Waals surface area contributed by atoms with E-state index in [-0.39, 0.29) is 59.8 Å². The van der Waals surface area contributed by atoms with Gasteiger partial charge in [0.2, 0.25) is 0 Å². The van der Waals surface area contributed by atoms with Gasteiger partial charge in [-0.3, -0.25) is 9.59 Å². The monoisotopic (exact) mass is 1170 g/mol. The molecule has 0 bridgehead atoms. The van der Waals surface area contributed by atoms with Crippen molar-refractivity contribution in [1.29, 1.82) is 0 Å². The maximum absolute atomic E-state index is 14.0. The van der Waals surface area contributed by atoms with E-state index in [4.69, 9.17) is 28.4 Å². The van der Waals surface area contributed by atoms with Crippen LogP contribution >= 0.6 is 0 Å². The van der Waals surface area contributed by atoms with Gasteiger partial charge >= 0.3 is 36.2 Å². The van der Waals surface area contributed by atoms with Crippen LogP contribution in [0.3, 0.4) is 0 Å². The lowest BCUT2D eigenvalue weighted by atomic mass is 9.97. The van der Waals surface area contributed by atoms with Crippen molar-refractivity contribution in [2.45, 2.75) is 155 Å².